The van der Waals surface area contributed by atoms with Crippen LogP contribution in [-0.4, -0.2) is 11.5 Å². The molecule has 1 N–H and O–H groups in total. The first kappa shape index (κ1) is 13.0. The van der Waals surface area contributed by atoms with Crippen molar-refractivity contribution in [1.29, 1.82) is 0 Å². The van der Waals surface area contributed by atoms with Crippen LogP contribution in [0.2, 0.25) is 0 Å². The molecule has 2 nitrogen and oxygen atoms in total. The number of unbranched alkanes of at least 4 members (excludes halogenated alkanes) is 1. The maximum Gasteiger partial charge on any atom is 0.0705 e. The van der Waals surface area contributed by atoms with E-state index in [1.807, 2.05) is 12.3 Å². The fourth-order valence-corrected chi connectivity index (χ4v) is 2.44. The van der Waals surface area contributed by atoms with Crippen LogP contribution in [-0.2, 0) is 0 Å². The second kappa shape index (κ2) is 6.50. The van der Waals surface area contributed by atoms with Gasteiger partial charge in [-0.1, -0.05) is 44.9 Å². The molecule has 1 atom stereocenters. The number of hydrogen-bond acceptors (Lipinski definition) is 2. The summed E-state index contributed by atoms with van der Waals surface area (Å²) in [4.78, 5) is 4.44. The molecular weight excluding hydrogens is 220 g/mol. The van der Waals surface area contributed by atoms with Crippen LogP contribution in [0.5, 0.6) is 0 Å². The van der Waals surface area contributed by atoms with E-state index in [2.05, 4.69) is 48.4 Å². The normalized spacial score (nSPS) is 12.8. The number of benzene rings is 1. The summed E-state index contributed by atoms with van der Waals surface area (Å²) in [6.45, 7) is 5.42. The van der Waals surface area contributed by atoms with Gasteiger partial charge in [0.1, 0.15) is 0 Å². The molecule has 0 aliphatic heterocycles. The molecule has 1 aromatic carbocycles. The zero-order valence-electron chi connectivity index (χ0n) is 11.3. The first-order valence-corrected chi connectivity index (χ1v) is 6.93. The van der Waals surface area contributed by atoms with Crippen LogP contribution in [0.4, 0.5) is 0 Å². The highest BCUT2D eigenvalue weighted by molar-refractivity contribution is 5.82. The number of para-hydroxylation sites is 1. The largest absolute Gasteiger partial charge is 0.310 e. The summed E-state index contributed by atoms with van der Waals surface area (Å²) in [5.41, 5.74) is 2.48. The molecule has 0 aliphatic carbocycles. The van der Waals surface area contributed by atoms with Crippen molar-refractivity contribution in [3.05, 3.63) is 42.1 Å². The van der Waals surface area contributed by atoms with E-state index in [1.165, 1.54) is 30.2 Å². The number of hydrogen-bond donors (Lipinski definition) is 1. The van der Waals surface area contributed by atoms with Crippen molar-refractivity contribution in [3.63, 3.8) is 0 Å². The van der Waals surface area contributed by atoms with Crippen molar-refractivity contribution in [1.82, 2.24) is 10.3 Å². The fraction of sp³-hybridized carbons (Fsp3) is 0.438. The third-order valence-electron chi connectivity index (χ3n) is 3.36. The number of aromatic nitrogens is 1. The number of fused-ring (bicyclic) bond motifs is 1. The molecule has 96 valence electrons. The summed E-state index contributed by atoms with van der Waals surface area (Å²) < 4.78 is 0. The first-order chi connectivity index (χ1) is 8.86. The second-order valence-electron chi connectivity index (χ2n) is 4.67. The maximum absolute atomic E-state index is 4.44. The van der Waals surface area contributed by atoms with Gasteiger partial charge in [-0.3, -0.25) is 4.98 Å². The Morgan fingerprint density at radius 1 is 1.17 bits per heavy atom. The van der Waals surface area contributed by atoms with Gasteiger partial charge in [-0.05, 0) is 30.7 Å². The lowest BCUT2D eigenvalue weighted by Crippen LogP contribution is -2.21. The van der Waals surface area contributed by atoms with Crippen LogP contribution >= 0.6 is 0 Å². The van der Waals surface area contributed by atoms with Crippen LogP contribution in [0.15, 0.2) is 36.5 Å². The third kappa shape index (κ3) is 2.88. The molecule has 1 aromatic heterocycles. The average Bonchev–Trinajstić information content (AvgIpc) is 2.43. The molecule has 2 aromatic rings. The molecular formula is C16H22N2. The van der Waals surface area contributed by atoms with Crippen LogP contribution in [0.1, 0.15) is 44.7 Å². The Morgan fingerprint density at radius 3 is 2.78 bits per heavy atom. The van der Waals surface area contributed by atoms with Gasteiger partial charge in [0.2, 0.25) is 0 Å². The van der Waals surface area contributed by atoms with Gasteiger partial charge in [0.15, 0.2) is 0 Å². The van der Waals surface area contributed by atoms with Gasteiger partial charge in [-0.15, -0.1) is 0 Å². The summed E-state index contributed by atoms with van der Waals surface area (Å²) in [5.74, 6) is 0. The molecule has 2 heteroatoms. The molecule has 18 heavy (non-hydrogen) atoms. The van der Waals surface area contributed by atoms with Crippen LogP contribution in [0, 0.1) is 0 Å². The van der Waals surface area contributed by atoms with E-state index < -0.39 is 0 Å². The molecule has 0 aliphatic rings. The van der Waals surface area contributed by atoms with E-state index >= 15 is 0 Å². The smallest absolute Gasteiger partial charge is 0.0705 e. The fourth-order valence-electron chi connectivity index (χ4n) is 2.44. The predicted octanol–water partition coefficient (Wildman–Crippen LogP) is 4.08. The van der Waals surface area contributed by atoms with E-state index in [4.69, 9.17) is 0 Å². The molecule has 0 saturated carbocycles. The Kier molecular flexibility index (Phi) is 4.71. The lowest BCUT2D eigenvalue weighted by molar-refractivity contribution is 0.497. The van der Waals surface area contributed by atoms with Crippen molar-refractivity contribution in [2.24, 2.45) is 0 Å². The maximum atomic E-state index is 4.44. The molecule has 0 bridgehead atoms. The van der Waals surface area contributed by atoms with Gasteiger partial charge < -0.3 is 5.32 Å². The van der Waals surface area contributed by atoms with E-state index in [0.29, 0.717) is 6.04 Å². The Labute approximate surface area is 109 Å². The van der Waals surface area contributed by atoms with E-state index in [1.54, 1.807) is 0 Å². The Morgan fingerprint density at radius 2 is 2.00 bits per heavy atom. The average molecular weight is 242 g/mol. The molecule has 0 fully saturated rings. The minimum absolute atomic E-state index is 0.447. The van der Waals surface area contributed by atoms with Gasteiger partial charge in [0.05, 0.1) is 5.52 Å². The SMILES string of the molecule is CCCCC(NCC)c1ccnc2ccccc12. The minimum Gasteiger partial charge on any atom is -0.310 e. The van der Waals surface area contributed by atoms with Crippen molar-refractivity contribution in [2.75, 3.05) is 6.54 Å². The highest BCUT2D eigenvalue weighted by Crippen LogP contribution is 2.26. The Bertz CT molecular complexity index is 488. The lowest BCUT2D eigenvalue weighted by Gasteiger charge is -2.19. The molecule has 0 spiro atoms. The summed E-state index contributed by atoms with van der Waals surface area (Å²) in [5, 5.41) is 4.88. The first-order valence-electron chi connectivity index (χ1n) is 6.93. The van der Waals surface area contributed by atoms with Gasteiger partial charge in [0.25, 0.3) is 0 Å². The summed E-state index contributed by atoms with van der Waals surface area (Å²) in [6.07, 6.45) is 5.62. The number of nitrogens with one attached hydrogen (secondary N) is 1. The molecule has 0 saturated heterocycles. The van der Waals surface area contributed by atoms with Crippen LogP contribution in [0.25, 0.3) is 10.9 Å². The summed E-state index contributed by atoms with van der Waals surface area (Å²) >= 11 is 0. The molecule has 0 amide bonds. The number of rotatable bonds is 6. The molecule has 1 heterocycles. The highest BCUT2D eigenvalue weighted by Gasteiger charge is 2.12. The molecule has 0 radical (unpaired) electrons. The molecule has 1 unspecified atom stereocenters. The van der Waals surface area contributed by atoms with E-state index in [9.17, 15) is 0 Å². The van der Waals surface area contributed by atoms with Crippen molar-refractivity contribution in [2.45, 2.75) is 39.2 Å². The predicted molar refractivity (Wildman–Crippen MR) is 77.7 cm³/mol. The van der Waals surface area contributed by atoms with E-state index in [0.717, 1.165) is 12.1 Å². The van der Waals surface area contributed by atoms with Gasteiger partial charge in [0, 0.05) is 17.6 Å². The van der Waals surface area contributed by atoms with Gasteiger partial charge in [-0.25, -0.2) is 0 Å². The van der Waals surface area contributed by atoms with Crippen molar-refractivity contribution < 1.29 is 0 Å². The van der Waals surface area contributed by atoms with Crippen molar-refractivity contribution in [3.8, 4) is 0 Å². The number of pyridine rings is 1. The van der Waals surface area contributed by atoms with Gasteiger partial charge in [-0.2, -0.15) is 0 Å². The minimum atomic E-state index is 0.447. The zero-order valence-corrected chi connectivity index (χ0v) is 11.3. The monoisotopic (exact) mass is 242 g/mol. The third-order valence-corrected chi connectivity index (χ3v) is 3.36. The van der Waals surface area contributed by atoms with Gasteiger partial charge >= 0.3 is 0 Å². The van der Waals surface area contributed by atoms with E-state index in [-0.39, 0.29) is 0 Å². The highest BCUT2D eigenvalue weighted by atomic mass is 14.9. The standard InChI is InChI=1S/C16H22N2/c1-3-5-9-15(17-4-2)14-11-12-18-16-10-7-6-8-13(14)16/h6-8,10-12,15,17H,3-5,9H2,1-2H3. The lowest BCUT2D eigenvalue weighted by atomic mass is 9.97. The quantitative estimate of drug-likeness (QED) is 0.825. The Hall–Kier alpha value is -1.41. The second-order valence-corrected chi connectivity index (χ2v) is 4.67. The Balaban J connectivity index is 2.36. The van der Waals surface area contributed by atoms with Crippen LogP contribution < -0.4 is 5.32 Å². The summed E-state index contributed by atoms with van der Waals surface area (Å²) in [6, 6.07) is 11.0. The van der Waals surface area contributed by atoms with Crippen molar-refractivity contribution >= 4 is 10.9 Å². The zero-order chi connectivity index (χ0) is 12.8. The topological polar surface area (TPSA) is 24.9 Å². The molecule has 2 rings (SSSR count). The number of nitrogens with zero attached hydrogens (tertiary/aromatic N) is 1. The van der Waals surface area contributed by atoms with Crippen LogP contribution in [0.3, 0.4) is 0 Å². The summed E-state index contributed by atoms with van der Waals surface area (Å²) in [7, 11) is 0.